The Hall–Kier alpha value is -1.57. The van der Waals surface area contributed by atoms with Gasteiger partial charge in [0.15, 0.2) is 0 Å². The van der Waals surface area contributed by atoms with Gasteiger partial charge >= 0.3 is 0 Å². The predicted octanol–water partition coefficient (Wildman–Crippen LogP) is 2.21. The maximum Gasteiger partial charge on any atom is 0.242 e. The molecule has 2 N–H and O–H groups in total. The lowest BCUT2D eigenvalue weighted by Gasteiger charge is -2.12. The van der Waals surface area contributed by atoms with E-state index in [-0.39, 0.29) is 0 Å². The number of anilines is 1. The summed E-state index contributed by atoms with van der Waals surface area (Å²) in [5.41, 5.74) is 7.39. The van der Waals surface area contributed by atoms with Crippen LogP contribution < -0.4 is 5.73 Å². The number of nitrogen functional groups attached to an aromatic ring is 1. The van der Waals surface area contributed by atoms with E-state index in [0.29, 0.717) is 16.3 Å². The summed E-state index contributed by atoms with van der Waals surface area (Å²) >= 11 is 1.55. The Morgan fingerprint density at radius 1 is 1.29 bits per heavy atom. The summed E-state index contributed by atoms with van der Waals surface area (Å²) in [5.74, 6) is 0.644. The van der Waals surface area contributed by atoms with Crippen LogP contribution in [-0.4, -0.2) is 31.8 Å². The van der Waals surface area contributed by atoms with Crippen LogP contribution in [-0.2, 0) is 15.8 Å². The third kappa shape index (κ3) is 3.75. The minimum atomic E-state index is -3.40. The molecule has 0 aliphatic heterocycles. The highest BCUT2D eigenvalue weighted by atomic mass is 32.2. The minimum absolute atomic E-state index is 0.299. The molecule has 21 heavy (non-hydrogen) atoms. The van der Waals surface area contributed by atoms with Crippen LogP contribution in [0.3, 0.4) is 0 Å². The molecular formula is C14H17N3O2S2. The highest BCUT2D eigenvalue weighted by Gasteiger charge is 2.17. The SMILES string of the molecule is CN(C)S(=O)(=O)c1cccc(CSc2ccncc2N)c1. The lowest BCUT2D eigenvalue weighted by atomic mass is 10.2. The van der Waals surface area contributed by atoms with Crippen LogP contribution in [0.25, 0.3) is 0 Å². The van der Waals surface area contributed by atoms with E-state index >= 15 is 0 Å². The van der Waals surface area contributed by atoms with Gasteiger partial charge in [-0.15, -0.1) is 11.8 Å². The number of benzene rings is 1. The van der Waals surface area contributed by atoms with Gasteiger partial charge in [0.1, 0.15) is 0 Å². The van der Waals surface area contributed by atoms with Gasteiger partial charge in [0, 0.05) is 30.9 Å². The Kier molecular flexibility index (Phi) is 4.87. The van der Waals surface area contributed by atoms with Crippen LogP contribution in [0.15, 0.2) is 52.5 Å². The van der Waals surface area contributed by atoms with Crippen molar-refractivity contribution in [3.8, 4) is 0 Å². The van der Waals surface area contributed by atoms with Crippen LogP contribution in [0, 0.1) is 0 Å². The minimum Gasteiger partial charge on any atom is -0.397 e. The van der Waals surface area contributed by atoms with Crippen molar-refractivity contribution in [2.75, 3.05) is 19.8 Å². The van der Waals surface area contributed by atoms with Gasteiger partial charge in [-0.25, -0.2) is 12.7 Å². The van der Waals surface area contributed by atoms with Gasteiger partial charge in [-0.3, -0.25) is 4.98 Å². The Morgan fingerprint density at radius 2 is 2.05 bits per heavy atom. The molecule has 0 unspecified atom stereocenters. The number of rotatable bonds is 5. The molecule has 0 aliphatic carbocycles. The standard InChI is InChI=1S/C14H17N3O2S2/c1-17(2)21(18,19)12-5-3-4-11(8-12)10-20-14-6-7-16-9-13(14)15/h3-9H,10,15H2,1-2H3. The zero-order valence-corrected chi connectivity index (χ0v) is 13.5. The zero-order valence-electron chi connectivity index (χ0n) is 11.9. The number of sulfonamides is 1. The summed E-state index contributed by atoms with van der Waals surface area (Å²) in [6, 6.07) is 8.80. The number of pyridine rings is 1. The van der Waals surface area contributed by atoms with Crippen molar-refractivity contribution in [2.24, 2.45) is 0 Å². The van der Waals surface area contributed by atoms with E-state index in [1.165, 1.54) is 18.4 Å². The number of nitrogens with zero attached hydrogens (tertiary/aromatic N) is 2. The Balaban J connectivity index is 2.18. The number of hydrogen-bond acceptors (Lipinski definition) is 5. The highest BCUT2D eigenvalue weighted by molar-refractivity contribution is 7.98. The number of nitrogens with two attached hydrogens (primary N) is 1. The number of aromatic nitrogens is 1. The first kappa shape index (κ1) is 15.8. The predicted molar refractivity (Wildman–Crippen MR) is 85.5 cm³/mol. The second-order valence-corrected chi connectivity index (χ2v) is 7.81. The van der Waals surface area contributed by atoms with Gasteiger partial charge in [0.2, 0.25) is 10.0 Å². The second-order valence-electron chi connectivity index (χ2n) is 4.64. The van der Waals surface area contributed by atoms with Crippen molar-refractivity contribution in [1.29, 1.82) is 0 Å². The van der Waals surface area contributed by atoms with Crippen molar-refractivity contribution < 1.29 is 8.42 Å². The van der Waals surface area contributed by atoms with Gasteiger partial charge in [-0.2, -0.15) is 0 Å². The molecule has 1 aromatic heterocycles. The summed E-state index contributed by atoms with van der Waals surface area (Å²) in [6.07, 6.45) is 3.29. The van der Waals surface area contributed by atoms with Crippen LogP contribution in [0.2, 0.25) is 0 Å². The van der Waals surface area contributed by atoms with Gasteiger partial charge in [0.05, 0.1) is 16.8 Å². The van der Waals surface area contributed by atoms with E-state index in [2.05, 4.69) is 4.98 Å². The summed E-state index contributed by atoms with van der Waals surface area (Å²) in [6.45, 7) is 0. The molecule has 1 heterocycles. The maximum atomic E-state index is 12.1. The molecule has 5 nitrogen and oxygen atoms in total. The van der Waals surface area contributed by atoms with Gasteiger partial charge in [-0.05, 0) is 23.8 Å². The lowest BCUT2D eigenvalue weighted by Crippen LogP contribution is -2.22. The third-order valence-electron chi connectivity index (χ3n) is 2.88. The van der Waals surface area contributed by atoms with Crippen LogP contribution >= 0.6 is 11.8 Å². The molecule has 1 aromatic carbocycles. The molecule has 112 valence electrons. The van der Waals surface area contributed by atoms with Gasteiger partial charge in [0.25, 0.3) is 0 Å². The molecular weight excluding hydrogens is 306 g/mol. The van der Waals surface area contributed by atoms with E-state index in [0.717, 1.165) is 10.5 Å². The molecule has 2 aromatic rings. The fourth-order valence-electron chi connectivity index (χ4n) is 1.69. The normalized spacial score (nSPS) is 11.8. The quantitative estimate of drug-likeness (QED) is 0.854. The summed E-state index contributed by atoms with van der Waals surface area (Å²) in [5, 5.41) is 0. The summed E-state index contributed by atoms with van der Waals surface area (Å²) < 4.78 is 25.4. The van der Waals surface area contributed by atoms with Crippen molar-refractivity contribution in [1.82, 2.24) is 9.29 Å². The average Bonchev–Trinajstić information content (AvgIpc) is 2.46. The van der Waals surface area contributed by atoms with E-state index in [9.17, 15) is 8.42 Å². The Bertz CT molecular complexity index is 731. The van der Waals surface area contributed by atoms with Crippen LogP contribution in [0.4, 0.5) is 5.69 Å². The first-order valence-corrected chi connectivity index (χ1v) is 8.67. The molecule has 0 saturated carbocycles. The van der Waals surface area contributed by atoms with E-state index in [1.807, 2.05) is 12.1 Å². The second kappa shape index (κ2) is 6.46. The molecule has 0 aliphatic rings. The third-order valence-corrected chi connectivity index (χ3v) is 5.85. The smallest absolute Gasteiger partial charge is 0.242 e. The van der Waals surface area contributed by atoms with Crippen molar-refractivity contribution >= 4 is 27.5 Å². The zero-order chi connectivity index (χ0) is 15.5. The number of thioether (sulfide) groups is 1. The van der Waals surface area contributed by atoms with Crippen LogP contribution in [0.1, 0.15) is 5.56 Å². The topological polar surface area (TPSA) is 76.3 Å². The van der Waals surface area contributed by atoms with Crippen LogP contribution in [0.5, 0.6) is 0 Å². The van der Waals surface area contributed by atoms with Gasteiger partial charge < -0.3 is 5.73 Å². The van der Waals surface area contributed by atoms with E-state index < -0.39 is 10.0 Å². The molecule has 0 saturated heterocycles. The Labute approximate surface area is 129 Å². The molecule has 2 rings (SSSR count). The fourth-order valence-corrected chi connectivity index (χ4v) is 3.54. The Morgan fingerprint density at radius 3 is 2.71 bits per heavy atom. The van der Waals surface area contributed by atoms with E-state index in [1.54, 1.807) is 42.4 Å². The van der Waals surface area contributed by atoms with Crippen molar-refractivity contribution in [2.45, 2.75) is 15.5 Å². The molecule has 0 spiro atoms. The summed E-state index contributed by atoms with van der Waals surface area (Å²) in [7, 11) is -0.357. The largest absolute Gasteiger partial charge is 0.397 e. The molecule has 0 bridgehead atoms. The summed E-state index contributed by atoms with van der Waals surface area (Å²) in [4.78, 5) is 5.18. The van der Waals surface area contributed by atoms with Gasteiger partial charge in [-0.1, -0.05) is 12.1 Å². The first-order chi connectivity index (χ1) is 9.91. The first-order valence-electron chi connectivity index (χ1n) is 6.25. The van der Waals surface area contributed by atoms with Crippen molar-refractivity contribution in [3.63, 3.8) is 0 Å². The monoisotopic (exact) mass is 323 g/mol. The number of hydrogen-bond donors (Lipinski definition) is 1. The van der Waals surface area contributed by atoms with E-state index in [4.69, 9.17) is 5.73 Å². The molecule has 7 heteroatoms. The fraction of sp³-hybridized carbons (Fsp3) is 0.214. The molecule has 0 amide bonds. The molecule has 0 radical (unpaired) electrons. The maximum absolute atomic E-state index is 12.1. The lowest BCUT2D eigenvalue weighted by molar-refractivity contribution is 0.520. The highest BCUT2D eigenvalue weighted by Crippen LogP contribution is 2.27. The van der Waals surface area contributed by atoms with Crippen molar-refractivity contribution in [3.05, 3.63) is 48.3 Å². The molecule has 0 fully saturated rings. The average molecular weight is 323 g/mol. The molecule has 0 atom stereocenters.